The summed E-state index contributed by atoms with van der Waals surface area (Å²) in [6.07, 6.45) is 1.83. The first-order chi connectivity index (χ1) is 8.95. The fourth-order valence-corrected chi connectivity index (χ4v) is 1.47. The molecule has 0 atom stereocenters. The first-order valence-corrected chi connectivity index (χ1v) is 6.45. The monoisotopic (exact) mass is 286 g/mol. The normalized spacial score (nSPS) is 9.95. The molecule has 0 amide bonds. The maximum atomic E-state index is 11.6. The van der Waals surface area contributed by atoms with Gasteiger partial charge in [-0.2, -0.15) is 11.8 Å². The van der Waals surface area contributed by atoms with Crippen molar-refractivity contribution in [2.75, 3.05) is 18.6 Å². The molecule has 0 aliphatic rings. The van der Waals surface area contributed by atoms with Gasteiger partial charge in [0.15, 0.2) is 0 Å². The van der Waals surface area contributed by atoms with Gasteiger partial charge in [-0.1, -0.05) is 0 Å². The van der Waals surface area contributed by atoms with Gasteiger partial charge in [0, 0.05) is 17.9 Å². The minimum absolute atomic E-state index is 0.135. The van der Waals surface area contributed by atoms with E-state index in [0.29, 0.717) is 5.75 Å². The van der Waals surface area contributed by atoms with Crippen LogP contribution in [0, 0.1) is 20.2 Å². The van der Waals surface area contributed by atoms with Crippen LogP contribution >= 0.6 is 11.8 Å². The van der Waals surface area contributed by atoms with Crippen molar-refractivity contribution < 1.29 is 19.4 Å². The van der Waals surface area contributed by atoms with Crippen molar-refractivity contribution in [1.82, 2.24) is 0 Å². The van der Waals surface area contributed by atoms with Crippen molar-refractivity contribution in [3.63, 3.8) is 0 Å². The maximum absolute atomic E-state index is 11.6. The molecule has 0 saturated heterocycles. The van der Waals surface area contributed by atoms with Crippen LogP contribution in [-0.4, -0.2) is 34.4 Å². The van der Waals surface area contributed by atoms with Gasteiger partial charge in [-0.05, 0) is 6.26 Å². The summed E-state index contributed by atoms with van der Waals surface area (Å²) in [7, 11) is 0. The fourth-order valence-electron chi connectivity index (χ4n) is 1.22. The highest BCUT2D eigenvalue weighted by molar-refractivity contribution is 7.98. The average Bonchev–Trinajstić information content (AvgIpc) is 2.38. The summed E-state index contributed by atoms with van der Waals surface area (Å²) >= 11 is 1.46. The minimum atomic E-state index is -0.819. The Morgan fingerprint density at radius 3 is 2.16 bits per heavy atom. The number of carbonyl (C=O) groups is 1. The minimum Gasteiger partial charge on any atom is -0.461 e. The van der Waals surface area contributed by atoms with Gasteiger partial charge in [0.25, 0.3) is 11.4 Å². The third kappa shape index (κ3) is 4.21. The second-order valence-corrected chi connectivity index (χ2v) is 4.37. The van der Waals surface area contributed by atoms with Crippen LogP contribution in [0.1, 0.15) is 10.4 Å². The van der Waals surface area contributed by atoms with Crippen molar-refractivity contribution in [2.45, 2.75) is 0 Å². The molecule has 9 heteroatoms. The van der Waals surface area contributed by atoms with Crippen LogP contribution in [-0.2, 0) is 4.74 Å². The lowest BCUT2D eigenvalue weighted by Crippen LogP contribution is -2.09. The van der Waals surface area contributed by atoms with Crippen LogP contribution in [0.5, 0.6) is 0 Å². The van der Waals surface area contributed by atoms with E-state index in [1.54, 1.807) is 0 Å². The average molecular weight is 286 g/mol. The van der Waals surface area contributed by atoms with Crippen molar-refractivity contribution >= 4 is 29.1 Å². The van der Waals surface area contributed by atoms with Crippen molar-refractivity contribution in [2.24, 2.45) is 0 Å². The van der Waals surface area contributed by atoms with E-state index in [-0.39, 0.29) is 12.2 Å². The summed E-state index contributed by atoms with van der Waals surface area (Å²) < 4.78 is 4.83. The van der Waals surface area contributed by atoms with E-state index in [4.69, 9.17) is 4.74 Å². The summed E-state index contributed by atoms with van der Waals surface area (Å²) in [6.45, 7) is 0.135. The van der Waals surface area contributed by atoms with Gasteiger partial charge in [0.1, 0.15) is 6.61 Å². The van der Waals surface area contributed by atoms with Gasteiger partial charge < -0.3 is 4.74 Å². The molecule has 0 N–H and O–H groups in total. The Morgan fingerprint density at radius 1 is 1.21 bits per heavy atom. The molecule has 0 spiro atoms. The van der Waals surface area contributed by atoms with E-state index in [9.17, 15) is 25.0 Å². The zero-order valence-corrected chi connectivity index (χ0v) is 10.7. The molecular weight excluding hydrogens is 276 g/mol. The first-order valence-electron chi connectivity index (χ1n) is 5.05. The molecule has 8 nitrogen and oxygen atoms in total. The number of nitrogens with zero attached hydrogens (tertiary/aromatic N) is 2. The lowest BCUT2D eigenvalue weighted by atomic mass is 10.2. The Bertz CT molecular complexity index is 486. The third-order valence-corrected chi connectivity index (χ3v) is 2.66. The molecule has 0 aliphatic heterocycles. The van der Waals surface area contributed by atoms with Gasteiger partial charge in [-0.15, -0.1) is 0 Å². The van der Waals surface area contributed by atoms with Crippen LogP contribution in [0.2, 0.25) is 0 Å². The van der Waals surface area contributed by atoms with Crippen LogP contribution in [0.15, 0.2) is 18.2 Å². The predicted octanol–water partition coefficient (Wildman–Crippen LogP) is 2.02. The number of non-ortho nitro benzene ring substituents is 2. The number of hydrogen-bond donors (Lipinski definition) is 0. The number of hydrogen-bond acceptors (Lipinski definition) is 7. The van der Waals surface area contributed by atoms with Crippen molar-refractivity contribution in [1.29, 1.82) is 0 Å². The molecule has 0 bridgehead atoms. The zero-order valence-electron chi connectivity index (χ0n) is 9.90. The van der Waals surface area contributed by atoms with Crippen molar-refractivity contribution in [3.8, 4) is 0 Å². The van der Waals surface area contributed by atoms with Gasteiger partial charge in [-0.25, -0.2) is 4.79 Å². The maximum Gasteiger partial charge on any atom is 0.338 e. The van der Waals surface area contributed by atoms with E-state index >= 15 is 0 Å². The summed E-state index contributed by atoms with van der Waals surface area (Å²) in [5.74, 6) is -0.246. The third-order valence-electron chi connectivity index (χ3n) is 2.08. The van der Waals surface area contributed by atoms with Crippen LogP contribution < -0.4 is 0 Å². The molecule has 1 aromatic rings. The number of ether oxygens (including phenoxy) is 1. The number of carbonyl (C=O) groups excluding carboxylic acids is 1. The molecular formula is C10H10N2O6S. The standard InChI is InChI=1S/C10H10N2O6S/c1-19-3-2-18-10(13)7-4-8(11(14)15)6-9(5-7)12(16)17/h4-6H,2-3H2,1H3. The van der Waals surface area contributed by atoms with E-state index < -0.39 is 27.2 Å². The Balaban J connectivity index is 3.02. The largest absolute Gasteiger partial charge is 0.461 e. The molecule has 19 heavy (non-hydrogen) atoms. The summed E-state index contributed by atoms with van der Waals surface area (Å²) in [6, 6.07) is 2.70. The highest BCUT2D eigenvalue weighted by Gasteiger charge is 2.20. The topological polar surface area (TPSA) is 113 Å². The molecule has 102 valence electrons. The highest BCUT2D eigenvalue weighted by atomic mass is 32.2. The smallest absolute Gasteiger partial charge is 0.338 e. The zero-order chi connectivity index (χ0) is 14.4. The number of benzene rings is 1. The molecule has 1 rings (SSSR count). The lowest BCUT2D eigenvalue weighted by Gasteiger charge is -2.03. The van der Waals surface area contributed by atoms with Gasteiger partial charge in [-0.3, -0.25) is 20.2 Å². The van der Waals surface area contributed by atoms with Crippen molar-refractivity contribution in [3.05, 3.63) is 44.0 Å². The van der Waals surface area contributed by atoms with E-state index in [0.717, 1.165) is 18.2 Å². The predicted molar refractivity (Wildman–Crippen MR) is 68.4 cm³/mol. The summed E-state index contributed by atoms with van der Waals surface area (Å²) in [5, 5.41) is 21.3. The number of nitro benzene ring substituents is 2. The Morgan fingerprint density at radius 2 is 1.74 bits per heavy atom. The van der Waals surface area contributed by atoms with Crippen LogP contribution in [0.3, 0.4) is 0 Å². The molecule has 0 fully saturated rings. The van der Waals surface area contributed by atoms with E-state index in [2.05, 4.69) is 0 Å². The Hall–Kier alpha value is -2.16. The van der Waals surface area contributed by atoms with Gasteiger partial charge in [0.2, 0.25) is 0 Å². The number of thioether (sulfide) groups is 1. The van der Waals surface area contributed by atoms with Crippen LogP contribution in [0.25, 0.3) is 0 Å². The van der Waals surface area contributed by atoms with Gasteiger partial charge in [0.05, 0.1) is 21.5 Å². The SMILES string of the molecule is CSCCOC(=O)c1cc([N+](=O)[O-])cc([N+](=O)[O-])c1. The Kier molecular flexibility index (Phi) is 5.24. The molecule has 0 aliphatic carbocycles. The Labute approximate surface area is 112 Å². The number of nitro groups is 2. The first kappa shape index (κ1) is 14.9. The second-order valence-electron chi connectivity index (χ2n) is 3.38. The summed E-state index contributed by atoms with van der Waals surface area (Å²) in [4.78, 5) is 31.3. The highest BCUT2D eigenvalue weighted by Crippen LogP contribution is 2.23. The lowest BCUT2D eigenvalue weighted by molar-refractivity contribution is -0.394. The quantitative estimate of drug-likeness (QED) is 0.340. The second kappa shape index (κ2) is 6.69. The summed E-state index contributed by atoms with van der Waals surface area (Å²) in [5.41, 5.74) is -1.25. The molecule has 0 aromatic heterocycles. The van der Waals surface area contributed by atoms with E-state index in [1.807, 2.05) is 6.26 Å². The molecule has 1 aromatic carbocycles. The fraction of sp³-hybridized carbons (Fsp3) is 0.300. The molecule has 0 unspecified atom stereocenters. The molecule has 0 saturated carbocycles. The van der Waals surface area contributed by atoms with Gasteiger partial charge >= 0.3 is 5.97 Å². The number of esters is 1. The molecule has 0 heterocycles. The van der Waals surface area contributed by atoms with Crippen LogP contribution in [0.4, 0.5) is 11.4 Å². The van der Waals surface area contributed by atoms with E-state index in [1.165, 1.54) is 11.8 Å². The number of rotatable bonds is 6. The molecule has 0 radical (unpaired) electrons.